The predicted octanol–water partition coefficient (Wildman–Crippen LogP) is 3.18. The molecule has 0 saturated carbocycles. The smallest absolute Gasteiger partial charge is 0.322 e. The van der Waals surface area contributed by atoms with E-state index in [4.69, 9.17) is 4.52 Å². The van der Waals surface area contributed by atoms with Gasteiger partial charge in [-0.15, -0.1) is 0 Å². The highest BCUT2D eigenvalue weighted by Gasteiger charge is 2.13. The Morgan fingerprint density at radius 1 is 1.15 bits per heavy atom. The molecule has 0 saturated heterocycles. The Hall–Kier alpha value is -2.41. The largest absolute Gasteiger partial charge is 0.337 e. The molecule has 1 aromatic carbocycles. The summed E-state index contributed by atoms with van der Waals surface area (Å²) in [6.07, 6.45) is 1.72. The maximum atomic E-state index is 12.3. The van der Waals surface area contributed by atoms with Crippen LogP contribution in [0.25, 0.3) is 0 Å². The fourth-order valence-corrected chi connectivity index (χ4v) is 2.57. The van der Waals surface area contributed by atoms with Crippen LogP contribution in [0.5, 0.6) is 0 Å². The molecule has 0 radical (unpaired) electrons. The zero-order valence-electron chi connectivity index (χ0n) is 16.2. The molecule has 0 aliphatic carbocycles. The molecule has 26 heavy (non-hydrogen) atoms. The van der Waals surface area contributed by atoms with Gasteiger partial charge >= 0.3 is 6.03 Å². The van der Waals surface area contributed by atoms with Crippen LogP contribution in [0.4, 0.5) is 10.5 Å². The van der Waals surface area contributed by atoms with Gasteiger partial charge in [0.1, 0.15) is 6.54 Å². The molecule has 0 fully saturated rings. The molecule has 2 aromatic rings. The number of rotatable bonds is 9. The Balaban J connectivity index is 1.84. The molecular formula is C19H29N5O2. The molecule has 7 heteroatoms. The van der Waals surface area contributed by atoms with Gasteiger partial charge in [-0.1, -0.05) is 38.1 Å². The molecular weight excluding hydrogens is 330 g/mol. The van der Waals surface area contributed by atoms with Gasteiger partial charge in [0.15, 0.2) is 5.82 Å². The summed E-state index contributed by atoms with van der Waals surface area (Å²) in [5.74, 6) is 1.08. The highest BCUT2D eigenvalue weighted by Crippen LogP contribution is 2.12. The molecule has 2 rings (SSSR count). The lowest BCUT2D eigenvalue weighted by Gasteiger charge is -2.18. The lowest BCUT2D eigenvalue weighted by atomic mass is 10.1. The van der Waals surface area contributed by atoms with Gasteiger partial charge in [0.25, 0.3) is 0 Å². The normalized spacial score (nSPS) is 11.0. The average molecular weight is 359 g/mol. The molecule has 0 unspecified atom stereocenters. The van der Waals surface area contributed by atoms with Crippen LogP contribution in [0.15, 0.2) is 28.8 Å². The fourth-order valence-electron chi connectivity index (χ4n) is 2.57. The van der Waals surface area contributed by atoms with Gasteiger partial charge in [-0.05, 0) is 37.2 Å². The third kappa shape index (κ3) is 5.84. The molecule has 0 atom stereocenters. The van der Waals surface area contributed by atoms with Gasteiger partial charge in [0.05, 0.1) is 0 Å². The number of likely N-dealkylation sites (N-methyl/N-ethyl adjacent to an activating group) is 1. The van der Waals surface area contributed by atoms with Crippen molar-refractivity contribution >= 4 is 11.7 Å². The van der Waals surface area contributed by atoms with Crippen LogP contribution in [0, 0.1) is 0 Å². The number of hydrogen-bond donors (Lipinski definition) is 1. The molecule has 142 valence electrons. The molecule has 0 aliphatic heterocycles. The van der Waals surface area contributed by atoms with E-state index in [9.17, 15) is 4.79 Å². The third-order valence-corrected chi connectivity index (χ3v) is 4.36. The molecule has 0 bridgehead atoms. The van der Waals surface area contributed by atoms with Crippen LogP contribution >= 0.6 is 0 Å². The average Bonchev–Trinajstić information content (AvgIpc) is 3.11. The van der Waals surface area contributed by atoms with Crippen molar-refractivity contribution in [3.8, 4) is 0 Å². The zero-order chi connectivity index (χ0) is 18.9. The maximum absolute atomic E-state index is 12.3. The second-order valence-corrected chi connectivity index (χ2v) is 6.22. The second-order valence-electron chi connectivity index (χ2n) is 6.22. The summed E-state index contributed by atoms with van der Waals surface area (Å²) in [6, 6.07) is 7.78. The van der Waals surface area contributed by atoms with Crippen LogP contribution in [0.1, 0.15) is 38.0 Å². The first-order chi connectivity index (χ1) is 12.5. The molecule has 1 aromatic heterocycles. The van der Waals surface area contributed by atoms with Gasteiger partial charge in [0, 0.05) is 25.7 Å². The zero-order valence-corrected chi connectivity index (χ0v) is 16.2. The van der Waals surface area contributed by atoms with E-state index in [1.54, 1.807) is 7.05 Å². The number of anilines is 1. The van der Waals surface area contributed by atoms with Gasteiger partial charge in [-0.25, -0.2) is 4.79 Å². The summed E-state index contributed by atoms with van der Waals surface area (Å²) in [7, 11) is 1.70. The molecule has 0 spiro atoms. The van der Waals surface area contributed by atoms with Crippen molar-refractivity contribution in [1.82, 2.24) is 19.9 Å². The van der Waals surface area contributed by atoms with E-state index < -0.39 is 0 Å². The van der Waals surface area contributed by atoms with Crippen LogP contribution in [0.2, 0.25) is 0 Å². The first-order valence-electron chi connectivity index (χ1n) is 9.20. The van der Waals surface area contributed by atoms with Crippen molar-refractivity contribution in [2.24, 2.45) is 0 Å². The van der Waals surface area contributed by atoms with Crippen LogP contribution in [-0.2, 0) is 19.4 Å². The van der Waals surface area contributed by atoms with E-state index in [1.807, 2.05) is 19.1 Å². The Labute approximate surface area is 155 Å². The minimum atomic E-state index is -0.211. The van der Waals surface area contributed by atoms with Crippen LogP contribution in [-0.4, -0.2) is 52.7 Å². The van der Waals surface area contributed by atoms with Crippen LogP contribution in [0.3, 0.4) is 0 Å². The highest BCUT2D eigenvalue weighted by molar-refractivity contribution is 5.89. The van der Waals surface area contributed by atoms with E-state index in [-0.39, 0.29) is 12.6 Å². The number of nitrogens with zero attached hydrogens (tertiary/aromatic N) is 4. The van der Waals surface area contributed by atoms with E-state index in [0.717, 1.165) is 31.7 Å². The van der Waals surface area contributed by atoms with Crippen molar-refractivity contribution in [3.05, 3.63) is 41.5 Å². The fraction of sp³-hybridized carbons (Fsp3) is 0.526. The minimum absolute atomic E-state index is 0.211. The number of hydrogen-bond acceptors (Lipinski definition) is 5. The van der Waals surface area contributed by atoms with Gasteiger partial charge < -0.3 is 19.6 Å². The van der Waals surface area contributed by atoms with Gasteiger partial charge in [-0.2, -0.15) is 4.98 Å². The number of nitrogens with one attached hydrogen (secondary N) is 1. The second kappa shape index (κ2) is 9.91. The Kier molecular flexibility index (Phi) is 7.59. The lowest BCUT2D eigenvalue weighted by molar-refractivity contribution is 0.213. The maximum Gasteiger partial charge on any atom is 0.322 e. The van der Waals surface area contributed by atoms with Gasteiger partial charge in [-0.3, -0.25) is 0 Å². The minimum Gasteiger partial charge on any atom is -0.337 e. The van der Waals surface area contributed by atoms with Crippen molar-refractivity contribution in [2.75, 3.05) is 32.0 Å². The first-order valence-corrected chi connectivity index (χ1v) is 9.20. The molecule has 7 nitrogen and oxygen atoms in total. The summed E-state index contributed by atoms with van der Waals surface area (Å²) >= 11 is 0. The quantitative estimate of drug-likeness (QED) is 0.744. The number of amides is 2. The summed E-state index contributed by atoms with van der Waals surface area (Å²) in [5.41, 5.74) is 2.04. The predicted molar refractivity (Wildman–Crippen MR) is 102 cm³/mol. The van der Waals surface area contributed by atoms with E-state index in [1.165, 1.54) is 10.5 Å². The number of urea groups is 1. The molecule has 1 N–H and O–H groups in total. The van der Waals surface area contributed by atoms with Gasteiger partial charge in [0.2, 0.25) is 5.89 Å². The van der Waals surface area contributed by atoms with Crippen molar-refractivity contribution < 1.29 is 9.32 Å². The lowest BCUT2D eigenvalue weighted by Crippen LogP contribution is -2.31. The summed E-state index contributed by atoms with van der Waals surface area (Å²) in [5, 5.41) is 6.72. The standard InChI is InChI=1S/C19H29N5O2/c1-5-17-21-18(26-22-17)14-23(4)19(25)20-16-10-8-15(9-11-16)12-13-24(6-2)7-3/h8-11H,5-7,12-14H2,1-4H3,(H,20,25). The number of aromatic nitrogens is 2. The number of carbonyl (C=O) groups is 1. The van der Waals surface area contributed by atoms with E-state index in [2.05, 4.69) is 46.3 Å². The topological polar surface area (TPSA) is 74.5 Å². The summed E-state index contributed by atoms with van der Waals surface area (Å²) in [4.78, 5) is 20.4. The van der Waals surface area contributed by atoms with E-state index in [0.29, 0.717) is 18.1 Å². The molecule has 2 amide bonds. The number of benzene rings is 1. The summed E-state index contributed by atoms with van der Waals surface area (Å²) < 4.78 is 5.12. The number of aryl methyl sites for hydroxylation is 1. The van der Waals surface area contributed by atoms with Crippen molar-refractivity contribution in [2.45, 2.75) is 40.2 Å². The number of carbonyl (C=O) groups excluding carboxylic acids is 1. The third-order valence-electron chi connectivity index (χ3n) is 4.36. The monoisotopic (exact) mass is 359 g/mol. The highest BCUT2D eigenvalue weighted by atomic mass is 16.5. The summed E-state index contributed by atoms with van der Waals surface area (Å²) in [6.45, 7) is 9.77. The van der Waals surface area contributed by atoms with E-state index >= 15 is 0 Å². The van der Waals surface area contributed by atoms with Crippen LogP contribution < -0.4 is 5.32 Å². The molecule has 1 heterocycles. The Bertz CT molecular complexity index is 679. The van der Waals surface area contributed by atoms with Crippen molar-refractivity contribution in [3.63, 3.8) is 0 Å². The first kappa shape index (κ1) is 19.9. The molecule has 0 aliphatic rings. The Morgan fingerprint density at radius 2 is 1.85 bits per heavy atom. The Morgan fingerprint density at radius 3 is 2.42 bits per heavy atom. The SMILES string of the molecule is CCc1noc(CN(C)C(=O)Nc2ccc(CCN(CC)CC)cc2)n1. The van der Waals surface area contributed by atoms with Crippen molar-refractivity contribution in [1.29, 1.82) is 0 Å².